The number of thiophene rings is 1. The number of amides is 2. The highest BCUT2D eigenvalue weighted by atomic mass is 32.1. The summed E-state index contributed by atoms with van der Waals surface area (Å²) in [6, 6.07) is 6.66. The van der Waals surface area contributed by atoms with E-state index in [2.05, 4.69) is 20.3 Å². The predicted molar refractivity (Wildman–Crippen MR) is 85.1 cm³/mol. The van der Waals surface area contributed by atoms with Crippen molar-refractivity contribution in [3.63, 3.8) is 0 Å². The van der Waals surface area contributed by atoms with Crippen molar-refractivity contribution in [2.45, 2.75) is 6.10 Å². The molecule has 0 bridgehead atoms. The van der Waals surface area contributed by atoms with Crippen molar-refractivity contribution in [3.05, 3.63) is 47.0 Å². The fourth-order valence-electron chi connectivity index (χ4n) is 1.91. The van der Waals surface area contributed by atoms with Gasteiger partial charge in [-0.2, -0.15) is 11.3 Å². The number of carbonyl (C=O) groups excluding carboxylic acids is 2. The molecule has 0 aliphatic rings. The van der Waals surface area contributed by atoms with E-state index in [1.54, 1.807) is 12.1 Å². The number of aliphatic hydroxyl groups is 1. The first-order valence-corrected chi connectivity index (χ1v) is 7.87. The quantitative estimate of drug-likeness (QED) is 0.606. The van der Waals surface area contributed by atoms with Crippen molar-refractivity contribution in [1.82, 2.24) is 10.5 Å². The average molecular weight is 347 g/mol. The van der Waals surface area contributed by atoms with Crippen molar-refractivity contribution in [1.29, 1.82) is 0 Å². The number of aliphatic hydroxyl groups excluding tert-OH is 1. The molecule has 3 aromatic rings. The molecule has 124 valence electrons. The number of nitrogens with zero attached hydrogens (tertiary/aromatic N) is 1. The van der Waals surface area contributed by atoms with Crippen molar-refractivity contribution in [2.75, 3.05) is 11.9 Å². The zero-order chi connectivity index (χ0) is 16.9. The lowest BCUT2D eigenvalue weighted by atomic mass is 10.2. The van der Waals surface area contributed by atoms with E-state index in [1.807, 2.05) is 16.8 Å². The molecule has 0 spiro atoms. The van der Waals surface area contributed by atoms with Gasteiger partial charge in [0.1, 0.15) is 23.9 Å². The predicted octanol–water partition coefficient (Wildman–Crippen LogP) is 1.78. The van der Waals surface area contributed by atoms with Crippen LogP contribution >= 0.6 is 11.3 Å². The van der Waals surface area contributed by atoms with Crippen LogP contribution in [-0.4, -0.2) is 28.6 Å². The van der Waals surface area contributed by atoms with Crippen LogP contribution in [0.1, 0.15) is 11.9 Å². The summed E-state index contributed by atoms with van der Waals surface area (Å²) >= 11 is 1.54. The van der Waals surface area contributed by atoms with Crippen LogP contribution in [0.4, 0.5) is 5.82 Å². The lowest BCUT2D eigenvalue weighted by Gasteiger charge is -2.09. The Morgan fingerprint density at radius 3 is 2.83 bits per heavy atom. The topological polar surface area (TPSA) is 118 Å². The van der Waals surface area contributed by atoms with Gasteiger partial charge in [-0.05, 0) is 23.6 Å². The minimum atomic E-state index is -1.07. The lowest BCUT2D eigenvalue weighted by molar-refractivity contribution is -0.136. The molecular weight excluding hydrogens is 334 g/mol. The first-order valence-electron chi connectivity index (χ1n) is 6.93. The Hall–Kier alpha value is -2.91. The van der Waals surface area contributed by atoms with Crippen molar-refractivity contribution in [2.24, 2.45) is 0 Å². The van der Waals surface area contributed by atoms with Gasteiger partial charge in [0.05, 0.1) is 6.54 Å². The second kappa shape index (κ2) is 7.11. The third-order valence-electron chi connectivity index (χ3n) is 3.10. The Morgan fingerprint density at radius 2 is 2.12 bits per heavy atom. The lowest BCUT2D eigenvalue weighted by Crippen LogP contribution is -2.37. The molecule has 1 atom stereocenters. The van der Waals surface area contributed by atoms with Crippen LogP contribution in [0, 0.1) is 0 Å². The number of hydrogen-bond donors (Lipinski definition) is 3. The molecule has 0 unspecified atom stereocenters. The number of furan rings is 1. The van der Waals surface area contributed by atoms with Crippen LogP contribution in [0.25, 0.3) is 11.3 Å². The number of rotatable bonds is 5. The molecule has 24 heavy (non-hydrogen) atoms. The maximum Gasteiger partial charge on any atom is 0.314 e. The highest BCUT2D eigenvalue weighted by molar-refractivity contribution is 7.08. The summed E-state index contributed by atoms with van der Waals surface area (Å²) in [4.78, 5) is 23.3. The normalized spacial score (nSPS) is 11.9. The molecule has 0 saturated carbocycles. The Bertz CT molecular complexity index is 810. The highest BCUT2D eigenvalue weighted by Crippen LogP contribution is 2.26. The van der Waals surface area contributed by atoms with Crippen LogP contribution in [0.2, 0.25) is 0 Å². The highest BCUT2D eigenvalue weighted by Gasteiger charge is 2.19. The zero-order valence-electron chi connectivity index (χ0n) is 12.3. The van der Waals surface area contributed by atoms with Gasteiger partial charge in [0.25, 0.3) is 0 Å². The van der Waals surface area contributed by atoms with Gasteiger partial charge in [-0.15, -0.1) is 0 Å². The molecule has 0 aliphatic carbocycles. The van der Waals surface area contributed by atoms with E-state index in [4.69, 9.17) is 4.42 Å². The summed E-state index contributed by atoms with van der Waals surface area (Å²) in [5.41, 5.74) is 0.912. The van der Waals surface area contributed by atoms with E-state index in [1.165, 1.54) is 23.7 Å². The summed E-state index contributed by atoms with van der Waals surface area (Å²) in [6.07, 6.45) is 0.195. The zero-order valence-corrected chi connectivity index (χ0v) is 13.1. The van der Waals surface area contributed by atoms with Crippen LogP contribution in [0.3, 0.4) is 0 Å². The first kappa shape index (κ1) is 16.0. The Balaban J connectivity index is 1.52. The van der Waals surface area contributed by atoms with Crippen molar-refractivity contribution in [3.8, 4) is 11.3 Å². The van der Waals surface area contributed by atoms with E-state index in [9.17, 15) is 14.7 Å². The standard InChI is InChI=1S/C15H13N3O5S/c19-10(12-2-1-11(23-12)9-4-6-24-8-9)7-16-14(20)15(21)17-13-3-5-22-18-13/h1-6,8,10,19H,7H2,(H,16,20)(H,17,18,21)/t10-/m1/s1. The summed E-state index contributed by atoms with van der Waals surface area (Å²) < 4.78 is 10.1. The fraction of sp³-hybridized carbons (Fsp3) is 0.133. The smallest absolute Gasteiger partial charge is 0.314 e. The summed E-state index contributed by atoms with van der Waals surface area (Å²) in [5.74, 6) is -0.757. The van der Waals surface area contributed by atoms with E-state index in [0.29, 0.717) is 11.5 Å². The largest absolute Gasteiger partial charge is 0.458 e. The van der Waals surface area contributed by atoms with E-state index >= 15 is 0 Å². The second-order valence-corrected chi connectivity index (χ2v) is 5.56. The summed E-state index contributed by atoms with van der Waals surface area (Å²) in [7, 11) is 0. The van der Waals surface area contributed by atoms with Gasteiger partial charge < -0.3 is 19.4 Å². The molecule has 3 aromatic heterocycles. The number of carbonyl (C=O) groups is 2. The number of hydrogen-bond acceptors (Lipinski definition) is 7. The van der Waals surface area contributed by atoms with Gasteiger partial charge in [-0.3, -0.25) is 14.9 Å². The van der Waals surface area contributed by atoms with Gasteiger partial charge in [0.2, 0.25) is 0 Å². The maximum atomic E-state index is 11.7. The molecule has 0 saturated heterocycles. The Morgan fingerprint density at radius 1 is 1.25 bits per heavy atom. The molecule has 3 heterocycles. The molecular formula is C15H13N3O5S. The molecule has 8 nitrogen and oxygen atoms in total. The molecule has 2 amide bonds. The second-order valence-electron chi connectivity index (χ2n) is 4.78. The van der Waals surface area contributed by atoms with Gasteiger partial charge in [0.15, 0.2) is 5.82 Å². The molecule has 3 rings (SSSR count). The minimum absolute atomic E-state index is 0.127. The third kappa shape index (κ3) is 3.70. The van der Waals surface area contributed by atoms with Gasteiger partial charge in [0, 0.05) is 17.0 Å². The van der Waals surface area contributed by atoms with Gasteiger partial charge in [-0.25, -0.2) is 0 Å². The van der Waals surface area contributed by atoms with Crippen LogP contribution in [0.15, 0.2) is 50.2 Å². The molecule has 0 fully saturated rings. The van der Waals surface area contributed by atoms with Crippen molar-refractivity contribution >= 4 is 29.0 Å². The Labute approximate surface area is 140 Å². The monoisotopic (exact) mass is 347 g/mol. The van der Waals surface area contributed by atoms with E-state index in [-0.39, 0.29) is 12.4 Å². The Kier molecular flexibility index (Phi) is 4.73. The fourth-order valence-corrected chi connectivity index (χ4v) is 2.56. The third-order valence-corrected chi connectivity index (χ3v) is 3.79. The summed E-state index contributed by atoms with van der Waals surface area (Å²) in [6.45, 7) is -0.165. The maximum absolute atomic E-state index is 11.7. The minimum Gasteiger partial charge on any atom is -0.458 e. The van der Waals surface area contributed by atoms with Crippen LogP contribution in [0.5, 0.6) is 0 Å². The number of aromatic nitrogens is 1. The van der Waals surface area contributed by atoms with Crippen LogP contribution < -0.4 is 10.6 Å². The molecule has 3 N–H and O–H groups in total. The van der Waals surface area contributed by atoms with Crippen LogP contribution in [-0.2, 0) is 9.59 Å². The molecule has 0 aromatic carbocycles. The molecule has 0 aliphatic heterocycles. The molecule has 0 radical (unpaired) electrons. The summed E-state index contributed by atoms with van der Waals surface area (Å²) in [5, 5.41) is 21.9. The number of anilines is 1. The van der Waals surface area contributed by atoms with Crippen molar-refractivity contribution < 1.29 is 23.6 Å². The van der Waals surface area contributed by atoms with E-state index < -0.39 is 17.9 Å². The molecule has 9 heteroatoms. The van der Waals surface area contributed by atoms with E-state index in [0.717, 1.165) is 5.56 Å². The average Bonchev–Trinajstić information content (AvgIpc) is 3.32. The SMILES string of the molecule is O=C(NC[C@@H](O)c1ccc(-c2ccsc2)o1)C(=O)Nc1ccon1. The van der Waals surface area contributed by atoms with Gasteiger partial charge >= 0.3 is 11.8 Å². The van der Waals surface area contributed by atoms with Gasteiger partial charge in [-0.1, -0.05) is 5.16 Å². The number of nitrogens with one attached hydrogen (secondary N) is 2. The first-order chi connectivity index (χ1) is 11.6.